The fourth-order valence-corrected chi connectivity index (χ4v) is 2.42. The van der Waals surface area contributed by atoms with Gasteiger partial charge in [0.05, 0.1) is 26.8 Å². The molecule has 3 aromatic rings. The quantitative estimate of drug-likeness (QED) is 0.732. The summed E-state index contributed by atoms with van der Waals surface area (Å²) < 4.78 is 28.0. The van der Waals surface area contributed by atoms with Crippen molar-refractivity contribution in [3.8, 4) is 5.69 Å². The number of imidazole rings is 1. The molecule has 7 heteroatoms. The number of halogens is 4. The molecule has 0 atom stereocenters. The molecular weight excluding hydrogens is 307 g/mol. The van der Waals surface area contributed by atoms with E-state index >= 15 is 0 Å². The van der Waals surface area contributed by atoms with Crippen LogP contribution < -0.4 is 5.73 Å². The fraction of sp³-hybridized carbons (Fsp3) is 0. The van der Waals surface area contributed by atoms with Gasteiger partial charge in [0.1, 0.15) is 11.6 Å². The van der Waals surface area contributed by atoms with Crippen molar-refractivity contribution in [2.24, 2.45) is 0 Å². The van der Waals surface area contributed by atoms with Crippen LogP contribution in [0.1, 0.15) is 0 Å². The first-order valence-corrected chi connectivity index (χ1v) is 6.31. The van der Waals surface area contributed by atoms with Crippen LogP contribution in [0.15, 0.2) is 30.3 Å². The van der Waals surface area contributed by atoms with Crippen LogP contribution in [0.4, 0.5) is 14.7 Å². The average Bonchev–Trinajstić information content (AvgIpc) is 2.66. The largest absolute Gasteiger partial charge is 0.369 e. The Kier molecular flexibility index (Phi) is 3.03. The Hall–Kier alpha value is -1.85. The van der Waals surface area contributed by atoms with Crippen molar-refractivity contribution in [1.29, 1.82) is 0 Å². The lowest BCUT2D eigenvalue weighted by molar-refractivity contribution is 0.627. The number of hydrogen-bond donors (Lipinski definition) is 1. The summed E-state index contributed by atoms with van der Waals surface area (Å²) in [6.07, 6.45) is 0. The second-order valence-electron chi connectivity index (χ2n) is 4.16. The Morgan fingerprint density at radius 2 is 1.80 bits per heavy atom. The highest BCUT2D eigenvalue weighted by molar-refractivity contribution is 6.32. The molecule has 0 bridgehead atoms. The smallest absolute Gasteiger partial charge is 0.205 e. The summed E-state index contributed by atoms with van der Waals surface area (Å²) in [5.41, 5.74) is 7.09. The van der Waals surface area contributed by atoms with Gasteiger partial charge in [0.15, 0.2) is 0 Å². The van der Waals surface area contributed by atoms with Crippen LogP contribution in [0.25, 0.3) is 16.7 Å². The molecule has 0 saturated heterocycles. The fourth-order valence-electron chi connectivity index (χ4n) is 2.01. The highest BCUT2D eigenvalue weighted by Crippen LogP contribution is 2.31. The van der Waals surface area contributed by atoms with Gasteiger partial charge < -0.3 is 5.73 Å². The molecule has 0 spiro atoms. The predicted octanol–water partition coefficient (Wildman–Crippen LogP) is 4.19. The Bertz CT molecular complexity index is 830. The van der Waals surface area contributed by atoms with Gasteiger partial charge >= 0.3 is 0 Å². The molecule has 102 valence electrons. The maximum Gasteiger partial charge on any atom is 0.205 e. The van der Waals surface area contributed by atoms with Gasteiger partial charge in [0.2, 0.25) is 5.95 Å². The van der Waals surface area contributed by atoms with E-state index in [4.69, 9.17) is 28.9 Å². The van der Waals surface area contributed by atoms with Crippen LogP contribution in [0.5, 0.6) is 0 Å². The number of nitrogens with two attached hydrogens (primary N) is 1. The molecule has 1 aromatic heterocycles. The Labute approximate surface area is 122 Å². The highest BCUT2D eigenvalue weighted by atomic mass is 35.5. The molecule has 2 N–H and O–H groups in total. The van der Waals surface area contributed by atoms with Crippen molar-refractivity contribution in [3.05, 3.63) is 52.0 Å². The second-order valence-corrected chi connectivity index (χ2v) is 4.97. The summed E-state index contributed by atoms with van der Waals surface area (Å²) in [6, 6.07) is 6.45. The van der Waals surface area contributed by atoms with Crippen LogP contribution in [-0.4, -0.2) is 9.55 Å². The lowest BCUT2D eigenvalue weighted by Crippen LogP contribution is -2.01. The number of anilines is 1. The number of fused-ring (bicyclic) bond motifs is 1. The number of nitrogens with zero attached hydrogens (tertiary/aromatic N) is 2. The van der Waals surface area contributed by atoms with E-state index in [1.165, 1.54) is 28.8 Å². The van der Waals surface area contributed by atoms with Crippen LogP contribution in [0.2, 0.25) is 10.0 Å². The van der Waals surface area contributed by atoms with Gasteiger partial charge in [-0.25, -0.2) is 13.8 Å². The first kappa shape index (κ1) is 13.1. The average molecular weight is 314 g/mol. The molecule has 0 amide bonds. The van der Waals surface area contributed by atoms with Crippen LogP contribution in [0, 0.1) is 11.6 Å². The van der Waals surface area contributed by atoms with Gasteiger partial charge in [-0.2, -0.15) is 0 Å². The summed E-state index contributed by atoms with van der Waals surface area (Å²) in [7, 11) is 0. The Balaban J connectivity index is 2.35. The van der Waals surface area contributed by atoms with Crippen molar-refractivity contribution in [2.45, 2.75) is 0 Å². The standard InChI is InChI=1S/C13H7Cl2F2N3/c14-7-4-12-10(5-9(7)17)19-13(18)20(12)11-2-1-6(16)3-8(11)15/h1-5H,(H2,18,19). The molecule has 0 aliphatic heterocycles. The molecule has 0 aliphatic rings. The van der Waals surface area contributed by atoms with Crippen LogP contribution >= 0.6 is 23.2 Å². The lowest BCUT2D eigenvalue weighted by atomic mass is 10.2. The van der Waals surface area contributed by atoms with Gasteiger partial charge in [-0.3, -0.25) is 4.57 Å². The molecule has 1 heterocycles. The van der Waals surface area contributed by atoms with E-state index in [1.807, 2.05) is 0 Å². The van der Waals surface area contributed by atoms with E-state index in [1.54, 1.807) is 0 Å². The van der Waals surface area contributed by atoms with E-state index < -0.39 is 11.6 Å². The second kappa shape index (κ2) is 4.61. The first-order chi connectivity index (χ1) is 9.47. The molecule has 0 unspecified atom stereocenters. The molecule has 0 radical (unpaired) electrons. The van der Waals surface area contributed by atoms with Gasteiger partial charge in [0.25, 0.3) is 0 Å². The minimum Gasteiger partial charge on any atom is -0.369 e. The zero-order valence-corrected chi connectivity index (χ0v) is 11.4. The SMILES string of the molecule is Nc1nc2cc(F)c(Cl)cc2n1-c1ccc(F)cc1Cl. The number of benzene rings is 2. The number of rotatable bonds is 1. The number of nitrogen functional groups attached to an aromatic ring is 1. The third-order valence-corrected chi connectivity index (χ3v) is 3.47. The summed E-state index contributed by atoms with van der Waals surface area (Å²) in [5, 5.41) is 0.105. The van der Waals surface area contributed by atoms with Crippen molar-refractivity contribution >= 4 is 40.2 Å². The van der Waals surface area contributed by atoms with Crippen molar-refractivity contribution in [1.82, 2.24) is 9.55 Å². The lowest BCUT2D eigenvalue weighted by Gasteiger charge is -2.09. The molecule has 0 saturated carbocycles. The molecule has 20 heavy (non-hydrogen) atoms. The molecule has 3 rings (SSSR count). The van der Waals surface area contributed by atoms with Crippen LogP contribution in [0.3, 0.4) is 0 Å². The Morgan fingerprint density at radius 1 is 1.05 bits per heavy atom. The maximum absolute atomic E-state index is 13.4. The molecule has 0 aliphatic carbocycles. The van der Waals surface area contributed by atoms with Crippen LogP contribution in [-0.2, 0) is 0 Å². The van der Waals surface area contributed by atoms with E-state index in [0.29, 0.717) is 16.7 Å². The van der Waals surface area contributed by atoms with E-state index in [2.05, 4.69) is 4.98 Å². The van der Waals surface area contributed by atoms with Crippen molar-refractivity contribution in [2.75, 3.05) is 5.73 Å². The van der Waals surface area contributed by atoms with Gasteiger partial charge in [-0.1, -0.05) is 23.2 Å². The van der Waals surface area contributed by atoms with E-state index in [-0.39, 0.29) is 16.0 Å². The summed E-state index contributed by atoms with van der Waals surface area (Å²) in [5.74, 6) is -0.949. The normalized spacial score (nSPS) is 11.2. The van der Waals surface area contributed by atoms with Gasteiger partial charge in [0, 0.05) is 6.07 Å². The topological polar surface area (TPSA) is 43.8 Å². The molecular formula is C13H7Cl2F2N3. The third kappa shape index (κ3) is 1.99. The summed E-state index contributed by atoms with van der Waals surface area (Å²) >= 11 is 11.8. The highest BCUT2D eigenvalue weighted by Gasteiger charge is 2.15. The third-order valence-electron chi connectivity index (χ3n) is 2.87. The van der Waals surface area contributed by atoms with E-state index in [0.717, 1.165) is 6.07 Å². The monoisotopic (exact) mass is 313 g/mol. The number of hydrogen-bond acceptors (Lipinski definition) is 2. The maximum atomic E-state index is 13.4. The number of aromatic nitrogens is 2. The van der Waals surface area contributed by atoms with Gasteiger partial charge in [-0.15, -0.1) is 0 Å². The summed E-state index contributed by atoms with van der Waals surface area (Å²) in [4.78, 5) is 4.04. The Morgan fingerprint density at radius 3 is 2.50 bits per heavy atom. The van der Waals surface area contributed by atoms with Crippen molar-refractivity contribution < 1.29 is 8.78 Å². The first-order valence-electron chi connectivity index (χ1n) is 5.56. The van der Waals surface area contributed by atoms with Crippen molar-refractivity contribution in [3.63, 3.8) is 0 Å². The molecule has 3 nitrogen and oxygen atoms in total. The zero-order valence-electron chi connectivity index (χ0n) is 9.87. The minimum atomic E-state index is -0.589. The van der Waals surface area contributed by atoms with E-state index in [9.17, 15) is 8.78 Å². The molecule has 2 aromatic carbocycles. The predicted molar refractivity (Wildman–Crippen MR) is 75.4 cm³/mol. The zero-order chi connectivity index (χ0) is 14.4. The minimum absolute atomic E-state index is 0.0584. The van der Waals surface area contributed by atoms with Gasteiger partial charge in [-0.05, 0) is 24.3 Å². The molecule has 0 fully saturated rings. The summed E-state index contributed by atoms with van der Waals surface area (Å²) in [6.45, 7) is 0.